The number of thioether (sulfide) groups is 1. The van der Waals surface area contributed by atoms with Crippen LogP contribution >= 0.6 is 11.8 Å². The van der Waals surface area contributed by atoms with E-state index in [1.165, 1.54) is 44.0 Å². The number of aliphatic hydroxyl groups excluding tert-OH is 1. The quantitative estimate of drug-likeness (QED) is 0.750. The molecule has 2 aromatic rings. The molecule has 2 aromatic carbocycles. The van der Waals surface area contributed by atoms with Crippen molar-refractivity contribution in [1.82, 2.24) is 0 Å². The molecule has 0 atom stereocenters. The van der Waals surface area contributed by atoms with Gasteiger partial charge in [-0.1, -0.05) is 18.2 Å². The summed E-state index contributed by atoms with van der Waals surface area (Å²) in [6.07, 6.45) is 5.05. The zero-order valence-corrected chi connectivity index (χ0v) is 16.2. The number of allylic oxidation sites excluding steroid dienone is 2. The van der Waals surface area contributed by atoms with E-state index in [4.69, 9.17) is 0 Å². The van der Waals surface area contributed by atoms with E-state index in [2.05, 4.69) is 80.7 Å². The minimum Gasteiger partial charge on any atom is -0.396 e. The molecule has 0 amide bonds. The molecule has 0 aliphatic heterocycles. The number of fused-ring (bicyclic) bond motifs is 1. The number of hydrogen-bond acceptors (Lipinski definition) is 3. The molecule has 3 rings (SSSR count). The Labute approximate surface area is 154 Å². The number of aliphatic hydroxyl groups is 1. The number of benzene rings is 2. The monoisotopic (exact) mass is 351 g/mol. The van der Waals surface area contributed by atoms with Gasteiger partial charge in [-0.2, -0.15) is 0 Å². The van der Waals surface area contributed by atoms with Gasteiger partial charge in [0.1, 0.15) is 0 Å². The summed E-state index contributed by atoms with van der Waals surface area (Å²) in [5.41, 5.74) is 8.71. The van der Waals surface area contributed by atoms with Crippen molar-refractivity contribution >= 4 is 34.7 Å². The van der Waals surface area contributed by atoms with Gasteiger partial charge in [0, 0.05) is 31.3 Å². The molecular weight excluding hydrogens is 326 g/mol. The van der Waals surface area contributed by atoms with Crippen LogP contribution in [0.3, 0.4) is 0 Å². The van der Waals surface area contributed by atoms with Crippen molar-refractivity contribution < 1.29 is 5.11 Å². The molecule has 0 unspecified atom stereocenters. The average molecular weight is 352 g/mol. The summed E-state index contributed by atoms with van der Waals surface area (Å²) < 4.78 is 0. The van der Waals surface area contributed by atoms with Crippen LogP contribution in [0.2, 0.25) is 0 Å². The van der Waals surface area contributed by atoms with Gasteiger partial charge in [0.2, 0.25) is 0 Å². The standard InChI is InChI=1S/C22H25NOS/c1-15-19(11-12-24)22-14-17(23(2)3)7-10-20(22)21(15)13-16-5-8-18(25-4)9-6-16/h5-10,13-14,24H,11-12H2,1-4H3/b21-13-. The third-order valence-electron chi connectivity index (χ3n) is 4.78. The molecule has 25 heavy (non-hydrogen) atoms. The Morgan fingerprint density at radius 1 is 1.04 bits per heavy atom. The fourth-order valence-electron chi connectivity index (χ4n) is 3.35. The second-order valence-corrected chi connectivity index (χ2v) is 7.41. The van der Waals surface area contributed by atoms with Crippen LogP contribution in [0.25, 0.3) is 17.2 Å². The molecule has 0 saturated carbocycles. The second-order valence-electron chi connectivity index (χ2n) is 6.53. The van der Waals surface area contributed by atoms with Crippen molar-refractivity contribution in [2.24, 2.45) is 0 Å². The maximum absolute atomic E-state index is 9.52. The van der Waals surface area contributed by atoms with Crippen molar-refractivity contribution in [1.29, 1.82) is 0 Å². The highest BCUT2D eigenvalue weighted by Crippen LogP contribution is 2.44. The van der Waals surface area contributed by atoms with E-state index in [-0.39, 0.29) is 6.61 Å². The summed E-state index contributed by atoms with van der Waals surface area (Å²) in [6.45, 7) is 2.34. The molecule has 1 aliphatic rings. The van der Waals surface area contributed by atoms with E-state index in [0.717, 1.165) is 0 Å². The fourth-order valence-corrected chi connectivity index (χ4v) is 3.76. The lowest BCUT2D eigenvalue weighted by Crippen LogP contribution is -2.08. The Morgan fingerprint density at radius 2 is 1.76 bits per heavy atom. The number of rotatable bonds is 5. The van der Waals surface area contributed by atoms with Gasteiger partial charge >= 0.3 is 0 Å². The molecule has 0 saturated heterocycles. The molecule has 3 heteroatoms. The number of hydrogen-bond donors (Lipinski definition) is 1. The lowest BCUT2D eigenvalue weighted by molar-refractivity contribution is 0.305. The van der Waals surface area contributed by atoms with Gasteiger partial charge in [-0.05, 0) is 83.4 Å². The van der Waals surface area contributed by atoms with Crippen LogP contribution in [0.4, 0.5) is 5.69 Å². The van der Waals surface area contributed by atoms with Crippen LogP contribution in [0.15, 0.2) is 52.9 Å². The van der Waals surface area contributed by atoms with E-state index < -0.39 is 0 Å². The molecule has 2 nitrogen and oxygen atoms in total. The zero-order chi connectivity index (χ0) is 18.0. The van der Waals surface area contributed by atoms with Crippen molar-refractivity contribution in [2.75, 3.05) is 31.9 Å². The molecule has 1 aliphatic carbocycles. The Balaban J connectivity index is 2.09. The van der Waals surface area contributed by atoms with Crippen LogP contribution in [-0.4, -0.2) is 32.1 Å². The van der Waals surface area contributed by atoms with E-state index in [9.17, 15) is 5.11 Å². The smallest absolute Gasteiger partial charge is 0.0471 e. The van der Waals surface area contributed by atoms with Crippen LogP contribution in [-0.2, 0) is 0 Å². The average Bonchev–Trinajstić information content (AvgIpc) is 2.88. The Hall–Kier alpha value is -1.97. The van der Waals surface area contributed by atoms with E-state index >= 15 is 0 Å². The van der Waals surface area contributed by atoms with Gasteiger partial charge in [-0.15, -0.1) is 11.8 Å². The van der Waals surface area contributed by atoms with Crippen molar-refractivity contribution in [3.8, 4) is 0 Å². The van der Waals surface area contributed by atoms with Crippen molar-refractivity contribution in [3.05, 3.63) is 64.7 Å². The van der Waals surface area contributed by atoms with Crippen LogP contribution in [0, 0.1) is 0 Å². The fraction of sp³-hybridized carbons (Fsp3) is 0.273. The summed E-state index contributed by atoms with van der Waals surface area (Å²) in [5, 5.41) is 9.52. The van der Waals surface area contributed by atoms with Crippen molar-refractivity contribution in [3.63, 3.8) is 0 Å². The summed E-state index contributed by atoms with van der Waals surface area (Å²) in [4.78, 5) is 3.40. The van der Waals surface area contributed by atoms with Crippen LogP contribution < -0.4 is 4.90 Å². The van der Waals surface area contributed by atoms with Gasteiger partial charge in [-0.25, -0.2) is 0 Å². The van der Waals surface area contributed by atoms with E-state index in [0.29, 0.717) is 6.42 Å². The minimum absolute atomic E-state index is 0.175. The minimum atomic E-state index is 0.175. The summed E-state index contributed by atoms with van der Waals surface area (Å²) >= 11 is 1.76. The first-order valence-electron chi connectivity index (χ1n) is 8.54. The third-order valence-corrected chi connectivity index (χ3v) is 5.52. The van der Waals surface area contributed by atoms with Gasteiger partial charge in [0.25, 0.3) is 0 Å². The molecule has 130 valence electrons. The second kappa shape index (κ2) is 7.51. The maximum atomic E-state index is 9.52. The highest BCUT2D eigenvalue weighted by Gasteiger charge is 2.23. The normalized spacial score (nSPS) is 15.0. The number of anilines is 1. The predicted octanol–water partition coefficient (Wildman–Crippen LogP) is 5.18. The predicted molar refractivity (Wildman–Crippen MR) is 111 cm³/mol. The molecule has 1 N–H and O–H groups in total. The Morgan fingerprint density at radius 3 is 2.36 bits per heavy atom. The highest BCUT2D eigenvalue weighted by molar-refractivity contribution is 7.98. The molecular formula is C22H25NOS. The van der Waals surface area contributed by atoms with Gasteiger partial charge in [0.15, 0.2) is 0 Å². The molecule has 0 bridgehead atoms. The lowest BCUT2D eigenvalue weighted by atomic mass is 10.00. The van der Waals surface area contributed by atoms with E-state index in [1.807, 2.05) is 0 Å². The summed E-state index contributed by atoms with van der Waals surface area (Å²) in [5.74, 6) is 0. The lowest BCUT2D eigenvalue weighted by Gasteiger charge is -2.15. The van der Waals surface area contributed by atoms with Crippen LogP contribution in [0.1, 0.15) is 30.0 Å². The maximum Gasteiger partial charge on any atom is 0.0471 e. The first kappa shape index (κ1) is 17.8. The van der Waals surface area contributed by atoms with Gasteiger partial charge in [0.05, 0.1) is 0 Å². The first-order valence-corrected chi connectivity index (χ1v) is 9.76. The van der Waals surface area contributed by atoms with Crippen LogP contribution in [0.5, 0.6) is 0 Å². The number of nitrogens with zero attached hydrogens (tertiary/aromatic N) is 1. The van der Waals surface area contributed by atoms with E-state index in [1.54, 1.807) is 11.8 Å². The molecule has 0 fully saturated rings. The van der Waals surface area contributed by atoms with Gasteiger partial charge < -0.3 is 10.0 Å². The van der Waals surface area contributed by atoms with Crippen molar-refractivity contribution in [2.45, 2.75) is 18.2 Å². The molecule has 0 radical (unpaired) electrons. The zero-order valence-electron chi connectivity index (χ0n) is 15.3. The summed E-state index contributed by atoms with van der Waals surface area (Å²) in [6, 6.07) is 15.3. The Bertz CT molecular complexity index is 832. The summed E-state index contributed by atoms with van der Waals surface area (Å²) in [7, 11) is 4.12. The first-order chi connectivity index (χ1) is 12.0. The Kier molecular flexibility index (Phi) is 5.36. The molecule has 0 aromatic heterocycles. The van der Waals surface area contributed by atoms with Gasteiger partial charge in [-0.3, -0.25) is 0 Å². The topological polar surface area (TPSA) is 23.5 Å². The largest absolute Gasteiger partial charge is 0.396 e. The molecule has 0 heterocycles. The third kappa shape index (κ3) is 3.53. The molecule has 0 spiro atoms. The highest BCUT2D eigenvalue weighted by atomic mass is 32.2. The SMILES string of the molecule is CSc1ccc(/C=C2/C(C)=C(CCO)c3cc(N(C)C)ccc32)cc1.